The Kier molecular flexibility index (Phi) is 7.33. The van der Waals surface area contributed by atoms with Crippen molar-refractivity contribution in [3.63, 3.8) is 0 Å². The van der Waals surface area contributed by atoms with E-state index in [2.05, 4.69) is 37.3 Å². The van der Waals surface area contributed by atoms with E-state index < -0.39 is 12.1 Å². The minimum atomic E-state index is -0.981. The molecule has 0 aliphatic carbocycles. The fourth-order valence-electron chi connectivity index (χ4n) is 4.82. The van der Waals surface area contributed by atoms with Gasteiger partial charge in [-0.25, -0.2) is 0 Å². The number of carbonyl (C=O) groups is 3. The number of nitrogens with one attached hydrogen (secondary N) is 3. The Hall–Kier alpha value is -4.64. The largest absolute Gasteiger partial charge is 0.341 e. The van der Waals surface area contributed by atoms with Gasteiger partial charge in [0.05, 0.1) is 36.9 Å². The summed E-state index contributed by atoms with van der Waals surface area (Å²) >= 11 is 0. The number of amides is 3. The lowest BCUT2D eigenvalue weighted by atomic mass is 9.99. The smallest absolute Gasteiger partial charge is 0.251 e. The van der Waals surface area contributed by atoms with Crippen LogP contribution in [0, 0.1) is 6.92 Å². The van der Waals surface area contributed by atoms with E-state index in [1.54, 1.807) is 24.9 Å². The van der Waals surface area contributed by atoms with Crippen LogP contribution >= 0.6 is 0 Å². The summed E-state index contributed by atoms with van der Waals surface area (Å²) in [6.45, 7) is 3.95. The number of aromatic amines is 1. The Bertz CT molecular complexity index is 1520. The molecule has 2 heterocycles. The number of benzene rings is 3. The van der Waals surface area contributed by atoms with Crippen molar-refractivity contribution >= 4 is 39.9 Å². The zero-order chi connectivity index (χ0) is 27.5. The molecule has 11 nitrogen and oxygen atoms in total. The molecule has 0 saturated carbocycles. The van der Waals surface area contributed by atoms with Crippen LogP contribution in [0.3, 0.4) is 0 Å². The number of para-hydroxylation sites is 2. The van der Waals surface area contributed by atoms with Gasteiger partial charge in [0.25, 0.3) is 5.91 Å². The van der Waals surface area contributed by atoms with E-state index in [1.165, 1.54) is 4.90 Å². The van der Waals surface area contributed by atoms with Gasteiger partial charge in [0, 0.05) is 0 Å². The summed E-state index contributed by atoms with van der Waals surface area (Å²) in [5, 5.41) is 21.6. The summed E-state index contributed by atoms with van der Waals surface area (Å²) in [6, 6.07) is 17.9. The standard InChI is InChI=1S/C28H30N8O3/c1-17-12-13-19-8-4-5-9-20(19)21(17)15-36-24-11-7-6-10-23(24)35(26(37)14-25-31-33-34-32-25)16-22(28(36)39)30-27(38)18(2)29-3/h4-13,18,22,29H,14-16H2,1-3H3,(H,30,38)(H,31,32,33,34). The molecule has 1 aliphatic rings. The van der Waals surface area contributed by atoms with Crippen LogP contribution in [0.5, 0.6) is 0 Å². The molecule has 5 rings (SSSR count). The molecule has 11 heteroatoms. The molecule has 0 radical (unpaired) electrons. The highest BCUT2D eigenvalue weighted by Crippen LogP contribution is 2.35. The van der Waals surface area contributed by atoms with Crippen molar-refractivity contribution in [2.45, 2.75) is 38.9 Å². The third kappa shape index (κ3) is 5.21. The molecule has 0 saturated heterocycles. The summed E-state index contributed by atoms with van der Waals surface area (Å²) < 4.78 is 0. The average Bonchev–Trinajstić information content (AvgIpc) is 3.43. The molecule has 0 spiro atoms. The van der Waals surface area contributed by atoms with E-state index in [4.69, 9.17) is 0 Å². The van der Waals surface area contributed by atoms with Gasteiger partial charge in [0.15, 0.2) is 5.82 Å². The lowest BCUT2D eigenvalue weighted by Crippen LogP contribution is -2.56. The second-order valence-corrected chi connectivity index (χ2v) is 9.58. The molecule has 0 fully saturated rings. The quantitative estimate of drug-likeness (QED) is 0.334. The Morgan fingerprint density at radius 3 is 2.56 bits per heavy atom. The van der Waals surface area contributed by atoms with Crippen molar-refractivity contribution < 1.29 is 14.4 Å². The van der Waals surface area contributed by atoms with E-state index >= 15 is 0 Å². The number of hydrogen-bond donors (Lipinski definition) is 3. The van der Waals surface area contributed by atoms with Crippen LogP contribution in [-0.4, -0.2) is 64.0 Å². The third-order valence-corrected chi connectivity index (χ3v) is 7.13. The number of anilines is 2. The number of likely N-dealkylation sites (N-methyl/N-ethyl adjacent to an activating group) is 1. The zero-order valence-electron chi connectivity index (χ0n) is 22.0. The van der Waals surface area contributed by atoms with Crippen LogP contribution in [0.15, 0.2) is 60.7 Å². The Morgan fingerprint density at radius 2 is 1.82 bits per heavy atom. The number of aryl methyl sites for hydroxylation is 1. The summed E-state index contributed by atoms with van der Waals surface area (Å²) in [6.07, 6.45) is -0.116. The topological polar surface area (TPSA) is 136 Å². The minimum Gasteiger partial charge on any atom is -0.341 e. The molecular weight excluding hydrogens is 496 g/mol. The fourth-order valence-corrected chi connectivity index (χ4v) is 4.82. The van der Waals surface area contributed by atoms with E-state index in [1.807, 2.05) is 55.5 Å². The SMILES string of the molecule is CNC(C)C(=O)NC1CN(C(=O)Cc2nn[nH]n2)c2ccccc2N(Cc2c(C)ccc3ccccc23)C1=O. The maximum atomic E-state index is 14.2. The summed E-state index contributed by atoms with van der Waals surface area (Å²) in [4.78, 5) is 43.9. The fraction of sp³-hybridized carbons (Fsp3) is 0.286. The first-order chi connectivity index (χ1) is 18.9. The first-order valence-corrected chi connectivity index (χ1v) is 12.8. The number of fused-ring (bicyclic) bond motifs is 2. The van der Waals surface area contributed by atoms with Crippen LogP contribution in [0.4, 0.5) is 11.4 Å². The molecule has 0 bridgehead atoms. The highest BCUT2D eigenvalue weighted by Gasteiger charge is 2.37. The summed E-state index contributed by atoms with van der Waals surface area (Å²) in [5.74, 6) is -0.726. The Labute approximate surface area is 225 Å². The number of H-pyrrole nitrogens is 1. The molecule has 1 aromatic heterocycles. The molecule has 200 valence electrons. The lowest BCUT2D eigenvalue weighted by molar-refractivity contribution is -0.128. The summed E-state index contributed by atoms with van der Waals surface area (Å²) in [7, 11) is 1.67. The van der Waals surface area contributed by atoms with Crippen molar-refractivity contribution in [3.8, 4) is 0 Å². The second-order valence-electron chi connectivity index (χ2n) is 9.58. The number of nitrogens with zero attached hydrogens (tertiary/aromatic N) is 5. The molecule has 4 aromatic rings. The van der Waals surface area contributed by atoms with Crippen molar-refractivity contribution in [2.75, 3.05) is 23.4 Å². The normalized spacial score (nSPS) is 16.1. The van der Waals surface area contributed by atoms with Crippen LogP contribution in [0.2, 0.25) is 0 Å². The van der Waals surface area contributed by atoms with Gasteiger partial charge in [0.1, 0.15) is 6.04 Å². The van der Waals surface area contributed by atoms with Gasteiger partial charge >= 0.3 is 0 Å². The van der Waals surface area contributed by atoms with Crippen molar-refractivity contribution in [1.29, 1.82) is 0 Å². The van der Waals surface area contributed by atoms with Crippen LogP contribution in [0.1, 0.15) is 23.9 Å². The van der Waals surface area contributed by atoms with Crippen LogP contribution in [0.25, 0.3) is 10.8 Å². The van der Waals surface area contributed by atoms with Crippen LogP contribution < -0.4 is 20.4 Å². The molecular formula is C28H30N8O3. The van der Waals surface area contributed by atoms with Crippen LogP contribution in [-0.2, 0) is 27.3 Å². The predicted octanol–water partition coefficient (Wildman–Crippen LogP) is 1.88. The van der Waals surface area contributed by atoms with Gasteiger partial charge in [-0.05, 0) is 54.9 Å². The maximum absolute atomic E-state index is 14.2. The van der Waals surface area contributed by atoms with Gasteiger partial charge in [-0.1, -0.05) is 53.7 Å². The molecule has 1 aliphatic heterocycles. The molecule has 2 atom stereocenters. The van der Waals surface area contributed by atoms with Crippen molar-refractivity contribution in [1.82, 2.24) is 31.3 Å². The monoisotopic (exact) mass is 526 g/mol. The van der Waals surface area contributed by atoms with Gasteiger partial charge < -0.3 is 20.4 Å². The predicted molar refractivity (Wildman–Crippen MR) is 147 cm³/mol. The number of hydrogen-bond acceptors (Lipinski definition) is 7. The Balaban J connectivity index is 1.60. The molecule has 3 aromatic carbocycles. The Morgan fingerprint density at radius 1 is 1.08 bits per heavy atom. The molecule has 39 heavy (non-hydrogen) atoms. The van der Waals surface area contributed by atoms with Gasteiger partial charge in [-0.3, -0.25) is 14.4 Å². The highest BCUT2D eigenvalue weighted by atomic mass is 16.2. The number of carbonyl (C=O) groups excluding carboxylic acids is 3. The maximum Gasteiger partial charge on any atom is 0.251 e. The van der Waals surface area contributed by atoms with E-state index in [0.29, 0.717) is 11.4 Å². The van der Waals surface area contributed by atoms with Gasteiger partial charge in [0.2, 0.25) is 11.8 Å². The number of tetrazole rings is 1. The number of aromatic nitrogens is 4. The lowest BCUT2D eigenvalue weighted by Gasteiger charge is -2.27. The van der Waals surface area contributed by atoms with Gasteiger partial charge in [-0.2, -0.15) is 5.21 Å². The van der Waals surface area contributed by atoms with Gasteiger partial charge in [-0.15, -0.1) is 10.2 Å². The minimum absolute atomic E-state index is 0.0419. The molecule has 3 N–H and O–H groups in total. The highest BCUT2D eigenvalue weighted by molar-refractivity contribution is 6.08. The van der Waals surface area contributed by atoms with E-state index in [9.17, 15) is 14.4 Å². The molecule has 3 amide bonds. The second kappa shape index (κ2) is 11.0. The average molecular weight is 527 g/mol. The molecule has 2 unspecified atom stereocenters. The van der Waals surface area contributed by atoms with Crippen molar-refractivity contribution in [2.24, 2.45) is 0 Å². The van der Waals surface area contributed by atoms with E-state index in [0.717, 1.165) is 21.9 Å². The third-order valence-electron chi connectivity index (χ3n) is 7.13. The first-order valence-electron chi connectivity index (χ1n) is 12.8. The summed E-state index contributed by atoms with van der Waals surface area (Å²) in [5.41, 5.74) is 3.18. The van der Waals surface area contributed by atoms with E-state index in [-0.39, 0.29) is 43.1 Å². The van der Waals surface area contributed by atoms with Crippen molar-refractivity contribution in [3.05, 3.63) is 77.6 Å². The number of rotatable bonds is 7. The zero-order valence-corrected chi connectivity index (χ0v) is 22.0. The first kappa shape index (κ1) is 26.0.